The van der Waals surface area contributed by atoms with Crippen LogP contribution < -0.4 is 5.32 Å². The van der Waals surface area contributed by atoms with Crippen LogP contribution in [0.5, 0.6) is 0 Å². The van der Waals surface area contributed by atoms with Gasteiger partial charge in [-0.15, -0.1) is 0 Å². The summed E-state index contributed by atoms with van der Waals surface area (Å²) in [6, 6.07) is 0. The molecule has 0 aliphatic carbocycles. The van der Waals surface area contributed by atoms with Gasteiger partial charge in [0.05, 0.1) is 6.61 Å². The highest BCUT2D eigenvalue weighted by molar-refractivity contribution is 5.76. The molecule has 1 unspecified atom stereocenters. The Bertz CT molecular complexity index is 203. The van der Waals surface area contributed by atoms with E-state index >= 15 is 0 Å². The first-order valence-electron chi connectivity index (χ1n) is 6.37. The first-order chi connectivity index (χ1) is 7.77. The lowest BCUT2D eigenvalue weighted by Crippen LogP contribution is -2.35. The molecule has 1 aliphatic heterocycles. The van der Waals surface area contributed by atoms with Gasteiger partial charge in [0.15, 0.2) is 0 Å². The van der Waals surface area contributed by atoms with Crippen LogP contribution in [-0.4, -0.2) is 48.7 Å². The van der Waals surface area contributed by atoms with Gasteiger partial charge in [-0.1, -0.05) is 0 Å². The molecule has 2 N–H and O–H groups in total. The normalized spacial score (nSPS) is 20.8. The molecule has 0 aromatic rings. The summed E-state index contributed by atoms with van der Waals surface area (Å²) in [5.41, 5.74) is 0. The molecule has 1 rings (SSSR count). The van der Waals surface area contributed by atoms with Gasteiger partial charge >= 0.3 is 0 Å². The van der Waals surface area contributed by atoms with Crippen molar-refractivity contribution in [1.29, 1.82) is 0 Å². The zero-order chi connectivity index (χ0) is 11.8. The van der Waals surface area contributed by atoms with Crippen molar-refractivity contribution in [2.45, 2.75) is 32.6 Å². The van der Waals surface area contributed by atoms with E-state index in [2.05, 4.69) is 5.32 Å². The maximum absolute atomic E-state index is 11.8. The van der Waals surface area contributed by atoms with Gasteiger partial charge in [0.25, 0.3) is 0 Å². The highest BCUT2D eigenvalue weighted by atomic mass is 16.3. The van der Waals surface area contributed by atoms with Crippen molar-refractivity contribution in [1.82, 2.24) is 10.2 Å². The van der Waals surface area contributed by atoms with Gasteiger partial charge in [-0.25, -0.2) is 0 Å². The summed E-state index contributed by atoms with van der Waals surface area (Å²) in [6.07, 6.45) is 4.08. The molecule has 1 heterocycles. The fraction of sp³-hybridized carbons (Fsp3) is 0.917. The molecule has 1 amide bonds. The SMILES string of the molecule is CCN(CCO)C(=O)CCC1CCCNC1. The Morgan fingerprint density at radius 3 is 2.94 bits per heavy atom. The number of aliphatic hydroxyl groups is 1. The average Bonchev–Trinajstić information content (AvgIpc) is 2.34. The van der Waals surface area contributed by atoms with Crippen LogP contribution in [0.15, 0.2) is 0 Å². The maximum atomic E-state index is 11.8. The van der Waals surface area contributed by atoms with E-state index in [0.717, 1.165) is 19.5 Å². The average molecular weight is 228 g/mol. The number of hydrogen-bond donors (Lipinski definition) is 2. The molecule has 0 bridgehead atoms. The zero-order valence-corrected chi connectivity index (χ0v) is 10.2. The molecule has 0 aromatic heterocycles. The van der Waals surface area contributed by atoms with Crippen molar-refractivity contribution in [2.75, 3.05) is 32.8 Å². The quantitative estimate of drug-likeness (QED) is 0.700. The number of carbonyl (C=O) groups excluding carboxylic acids is 1. The minimum absolute atomic E-state index is 0.0601. The molecular formula is C12H24N2O2. The fourth-order valence-corrected chi connectivity index (χ4v) is 2.24. The molecule has 4 nitrogen and oxygen atoms in total. The summed E-state index contributed by atoms with van der Waals surface area (Å²) < 4.78 is 0. The lowest BCUT2D eigenvalue weighted by Gasteiger charge is -2.24. The van der Waals surface area contributed by atoms with E-state index in [-0.39, 0.29) is 12.5 Å². The number of hydrogen-bond acceptors (Lipinski definition) is 3. The Morgan fingerprint density at radius 2 is 2.38 bits per heavy atom. The number of aliphatic hydroxyl groups excluding tert-OH is 1. The minimum atomic E-state index is 0.0601. The van der Waals surface area contributed by atoms with Gasteiger partial charge < -0.3 is 15.3 Å². The predicted octanol–water partition coefficient (Wildman–Crippen LogP) is 0.607. The van der Waals surface area contributed by atoms with Crippen molar-refractivity contribution in [3.63, 3.8) is 0 Å². The van der Waals surface area contributed by atoms with Gasteiger partial charge in [-0.3, -0.25) is 4.79 Å². The summed E-state index contributed by atoms with van der Waals surface area (Å²) in [4.78, 5) is 13.5. The van der Waals surface area contributed by atoms with E-state index in [1.807, 2.05) is 6.92 Å². The van der Waals surface area contributed by atoms with Crippen LogP contribution in [0.2, 0.25) is 0 Å². The van der Waals surface area contributed by atoms with Crippen LogP contribution in [0, 0.1) is 5.92 Å². The molecule has 1 saturated heterocycles. The molecule has 1 fully saturated rings. The summed E-state index contributed by atoms with van der Waals surface area (Å²) >= 11 is 0. The maximum Gasteiger partial charge on any atom is 0.222 e. The Balaban J connectivity index is 2.21. The monoisotopic (exact) mass is 228 g/mol. The number of likely N-dealkylation sites (N-methyl/N-ethyl adjacent to an activating group) is 1. The fourth-order valence-electron chi connectivity index (χ4n) is 2.24. The van der Waals surface area contributed by atoms with Crippen LogP contribution in [0.3, 0.4) is 0 Å². The Kier molecular flexibility index (Phi) is 6.42. The molecule has 1 atom stereocenters. The van der Waals surface area contributed by atoms with Gasteiger partial charge in [0.1, 0.15) is 0 Å². The second-order valence-electron chi connectivity index (χ2n) is 4.45. The third-order valence-electron chi connectivity index (χ3n) is 3.27. The minimum Gasteiger partial charge on any atom is -0.395 e. The second kappa shape index (κ2) is 7.63. The number of carbonyl (C=O) groups is 1. The molecule has 0 saturated carbocycles. The van der Waals surface area contributed by atoms with Crippen LogP contribution in [0.1, 0.15) is 32.6 Å². The third kappa shape index (κ3) is 4.49. The van der Waals surface area contributed by atoms with Crippen molar-refractivity contribution < 1.29 is 9.90 Å². The molecule has 4 heteroatoms. The molecule has 94 valence electrons. The number of nitrogens with one attached hydrogen (secondary N) is 1. The molecule has 1 aliphatic rings. The van der Waals surface area contributed by atoms with E-state index < -0.39 is 0 Å². The number of amides is 1. The molecule has 0 radical (unpaired) electrons. The van der Waals surface area contributed by atoms with E-state index in [1.54, 1.807) is 4.90 Å². The first-order valence-corrected chi connectivity index (χ1v) is 6.37. The van der Waals surface area contributed by atoms with Crippen LogP contribution in [-0.2, 0) is 4.79 Å². The van der Waals surface area contributed by atoms with Crippen LogP contribution in [0.25, 0.3) is 0 Å². The lowest BCUT2D eigenvalue weighted by atomic mass is 9.94. The molecule has 0 aromatic carbocycles. The standard InChI is InChI=1S/C12H24N2O2/c1-2-14(8-9-15)12(16)6-5-11-4-3-7-13-10-11/h11,13,15H,2-10H2,1H3. The number of piperidine rings is 1. The van der Waals surface area contributed by atoms with Crippen LogP contribution >= 0.6 is 0 Å². The summed E-state index contributed by atoms with van der Waals surface area (Å²) in [5.74, 6) is 0.840. The van der Waals surface area contributed by atoms with Crippen molar-refractivity contribution in [2.24, 2.45) is 5.92 Å². The van der Waals surface area contributed by atoms with E-state index in [1.165, 1.54) is 12.8 Å². The molecule has 16 heavy (non-hydrogen) atoms. The Labute approximate surface area is 98.0 Å². The van der Waals surface area contributed by atoms with Gasteiger partial charge in [-0.05, 0) is 45.2 Å². The van der Waals surface area contributed by atoms with Crippen molar-refractivity contribution >= 4 is 5.91 Å². The lowest BCUT2D eigenvalue weighted by molar-refractivity contribution is -0.131. The summed E-state index contributed by atoms with van der Waals surface area (Å²) in [6.45, 7) is 5.36. The van der Waals surface area contributed by atoms with Crippen LogP contribution in [0.4, 0.5) is 0 Å². The first kappa shape index (κ1) is 13.5. The van der Waals surface area contributed by atoms with Crippen molar-refractivity contribution in [3.05, 3.63) is 0 Å². The highest BCUT2D eigenvalue weighted by Crippen LogP contribution is 2.16. The topological polar surface area (TPSA) is 52.6 Å². The Hall–Kier alpha value is -0.610. The van der Waals surface area contributed by atoms with Gasteiger partial charge in [0, 0.05) is 19.5 Å². The van der Waals surface area contributed by atoms with E-state index in [9.17, 15) is 4.79 Å². The second-order valence-corrected chi connectivity index (χ2v) is 4.45. The van der Waals surface area contributed by atoms with Gasteiger partial charge in [-0.2, -0.15) is 0 Å². The third-order valence-corrected chi connectivity index (χ3v) is 3.27. The number of nitrogens with zero attached hydrogens (tertiary/aromatic N) is 1. The predicted molar refractivity (Wildman–Crippen MR) is 64.2 cm³/mol. The van der Waals surface area contributed by atoms with E-state index in [4.69, 9.17) is 5.11 Å². The highest BCUT2D eigenvalue weighted by Gasteiger charge is 2.16. The van der Waals surface area contributed by atoms with E-state index in [0.29, 0.717) is 25.4 Å². The largest absolute Gasteiger partial charge is 0.395 e. The Morgan fingerprint density at radius 1 is 1.56 bits per heavy atom. The smallest absolute Gasteiger partial charge is 0.222 e. The number of rotatable bonds is 6. The van der Waals surface area contributed by atoms with Gasteiger partial charge in [0.2, 0.25) is 5.91 Å². The van der Waals surface area contributed by atoms with Crippen molar-refractivity contribution in [3.8, 4) is 0 Å². The molecular weight excluding hydrogens is 204 g/mol. The zero-order valence-electron chi connectivity index (χ0n) is 10.2. The summed E-state index contributed by atoms with van der Waals surface area (Å²) in [7, 11) is 0. The molecule has 0 spiro atoms. The summed E-state index contributed by atoms with van der Waals surface area (Å²) in [5, 5.41) is 12.2.